The molecule has 138 valence electrons. The van der Waals surface area contributed by atoms with Gasteiger partial charge >= 0.3 is 0 Å². The Hall–Kier alpha value is -3.57. The third kappa shape index (κ3) is 3.61. The third-order valence-electron chi connectivity index (χ3n) is 4.13. The van der Waals surface area contributed by atoms with Crippen molar-refractivity contribution < 1.29 is 9.21 Å². The van der Waals surface area contributed by atoms with E-state index in [0.29, 0.717) is 22.4 Å². The summed E-state index contributed by atoms with van der Waals surface area (Å²) in [4.78, 5) is 15.6. The number of nitriles is 1. The summed E-state index contributed by atoms with van der Waals surface area (Å²) in [5.41, 5.74) is 2.86. The van der Waals surface area contributed by atoms with E-state index in [2.05, 4.69) is 20.5 Å². The molecule has 0 fully saturated rings. The normalized spacial score (nSPS) is 11.9. The van der Waals surface area contributed by atoms with Crippen molar-refractivity contribution >= 4 is 34.3 Å². The number of anilines is 1. The summed E-state index contributed by atoms with van der Waals surface area (Å²) in [6.45, 7) is 1.75. The zero-order valence-corrected chi connectivity index (χ0v) is 15.7. The minimum Gasteiger partial charge on any atom is -0.411 e. The van der Waals surface area contributed by atoms with Crippen LogP contribution in [0, 0.1) is 11.3 Å². The molecule has 0 bridgehead atoms. The zero-order chi connectivity index (χ0) is 19.5. The van der Waals surface area contributed by atoms with Gasteiger partial charge in [-0.15, -0.1) is 10.2 Å². The van der Waals surface area contributed by atoms with E-state index in [0.717, 1.165) is 16.5 Å². The first kappa shape index (κ1) is 17.8. The molecule has 0 aliphatic heterocycles. The Morgan fingerprint density at radius 2 is 2.11 bits per heavy atom. The second kappa shape index (κ2) is 7.58. The van der Waals surface area contributed by atoms with Crippen LogP contribution >= 0.6 is 11.8 Å². The van der Waals surface area contributed by atoms with Gasteiger partial charge in [0.1, 0.15) is 0 Å². The predicted octanol–water partition coefficient (Wildman–Crippen LogP) is 4.21. The van der Waals surface area contributed by atoms with Gasteiger partial charge in [-0.25, -0.2) is 0 Å². The summed E-state index contributed by atoms with van der Waals surface area (Å²) in [6.07, 6.45) is 1.82. The number of aromatic nitrogens is 3. The van der Waals surface area contributed by atoms with Gasteiger partial charge in [-0.1, -0.05) is 36.0 Å². The summed E-state index contributed by atoms with van der Waals surface area (Å²) in [6, 6.07) is 16.6. The molecule has 7 nitrogen and oxygen atoms in total. The van der Waals surface area contributed by atoms with Crippen LogP contribution in [-0.2, 0) is 4.79 Å². The van der Waals surface area contributed by atoms with E-state index in [1.54, 1.807) is 31.2 Å². The smallest absolute Gasteiger partial charge is 0.277 e. The first-order valence-electron chi connectivity index (χ1n) is 8.52. The van der Waals surface area contributed by atoms with Crippen molar-refractivity contribution in [3.63, 3.8) is 0 Å². The van der Waals surface area contributed by atoms with Crippen LogP contribution in [0.2, 0.25) is 0 Å². The number of thioether (sulfide) groups is 1. The minimum absolute atomic E-state index is 0.216. The first-order chi connectivity index (χ1) is 13.6. The monoisotopic (exact) mass is 389 g/mol. The standard InChI is InChI=1S/C20H15N5O2S/c1-12(18(26)23-14-6-4-5-13(9-14)10-21)28-20-25-24-19(27-20)16-11-22-17-8-3-2-7-15(16)17/h2-9,11-12,22H,1H3,(H,23,26). The average Bonchev–Trinajstić information content (AvgIpc) is 3.34. The van der Waals surface area contributed by atoms with Crippen molar-refractivity contribution in [1.29, 1.82) is 5.26 Å². The Morgan fingerprint density at radius 1 is 1.25 bits per heavy atom. The molecular weight excluding hydrogens is 374 g/mol. The molecule has 2 heterocycles. The molecule has 1 atom stereocenters. The number of aromatic amines is 1. The predicted molar refractivity (Wildman–Crippen MR) is 107 cm³/mol. The number of fused-ring (bicyclic) bond motifs is 1. The van der Waals surface area contributed by atoms with Crippen LogP contribution in [0.25, 0.3) is 22.4 Å². The second-order valence-corrected chi connectivity index (χ2v) is 7.36. The maximum Gasteiger partial charge on any atom is 0.277 e. The first-order valence-corrected chi connectivity index (χ1v) is 9.39. The van der Waals surface area contributed by atoms with Crippen molar-refractivity contribution in [2.75, 3.05) is 5.32 Å². The van der Waals surface area contributed by atoms with Gasteiger partial charge in [0.2, 0.25) is 5.91 Å². The zero-order valence-electron chi connectivity index (χ0n) is 14.8. The lowest BCUT2D eigenvalue weighted by molar-refractivity contribution is -0.115. The SMILES string of the molecule is CC(Sc1nnc(-c2c[nH]c3ccccc23)o1)C(=O)Nc1cccc(C#N)c1. The number of hydrogen-bond acceptors (Lipinski definition) is 6. The molecular formula is C20H15N5O2S. The number of carbonyl (C=O) groups excluding carboxylic acids is 1. The van der Waals surface area contributed by atoms with Crippen molar-refractivity contribution in [3.8, 4) is 17.5 Å². The molecule has 1 amide bonds. The maximum absolute atomic E-state index is 12.4. The molecule has 2 N–H and O–H groups in total. The number of nitrogens with one attached hydrogen (secondary N) is 2. The van der Waals surface area contributed by atoms with Crippen molar-refractivity contribution in [2.45, 2.75) is 17.4 Å². The number of nitrogens with zero attached hydrogens (tertiary/aromatic N) is 3. The van der Waals surface area contributed by atoms with E-state index in [4.69, 9.17) is 9.68 Å². The quantitative estimate of drug-likeness (QED) is 0.495. The fourth-order valence-corrected chi connectivity index (χ4v) is 3.41. The second-order valence-electron chi connectivity index (χ2n) is 6.06. The van der Waals surface area contributed by atoms with Gasteiger partial charge in [0, 0.05) is 22.8 Å². The van der Waals surface area contributed by atoms with Crippen LogP contribution in [0.4, 0.5) is 5.69 Å². The number of carbonyl (C=O) groups is 1. The minimum atomic E-state index is -0.456. The van der Waals surface area contributed by atoms with Gasteiger partial charge in [0.25, 0.3) is 11.1 Å². The number of para-hydroxylation sites is 1. The molecule has 2 aromatic carbocycles. The molecule has 28 heavy (non-hydrogen) atoms. The molecule has 0 aliphatic rings. The number of hydrogen-bond donors (Lipinski definition) is 2. The van der Waals surface area contributed by atoms with Gasteiger partial charge in [-0.2, -0.15) is 5.26 Å². The molecule has 0 spiro atoms. The molecule has 0 radical (unpaired) electrons. The highest BCUT2D eigenvalue weighted by atomic mass is 32.2. The van der Waals surface area contributed by atoms with Crippen LogP contribution in [0.3, 0.4) is 0 Å². The average molecular weight is 389 g/mol. The summed E-state index contributed by atoms with van der Waals surface area (Å²) >= 11 is 1.18. The lowest BCUT2D eigenvalue weighted by Gasteiger charge is -2.09. The largest absolute Gasteiger partial charge is 0.411 e. The highest BCUT2D eigenvalue weighted by Crippen LogP contribution is 2.30. The van der Waals surface area contributed by atoms with Gasteiger partial charge in [0.15, 0.2) is 0 Å². The van der Waals surface area contributed by atoms with Crippen LogP contribution in [-0.4, -0.2) is 26.3 Å². The molecule has 0 saturated heterocycles. The van der Waals surface area contributed by atoms with Gasteiger partial charge < -0.3 is 14.7 Å². The highest BCUT2D eigenvalue weighted by Gasteiger charge is 2.20. The Morgan fingerprint density at radius 3 is 2.96 bits per heavy atom. The Labute approximate surface area is 164 Å². The lowest BCUT2D eigenvalue weighted by atomic mass is 10.2. The molecule has 0 aliphatic carbocycles. The maximum atomic E-state index is 12.4. The van der Waals surface area contributed by atoms with Crippen LogP contribution in [0.1, 0.15) is 12.5 Å². The van der Waals surface area contributed by atoms with Gasteiger partial charge in [-0.3, -0.25) is 4.79 Å². The number of H-pyrrole nitrogens is 1. The molecule has 4 aromatic rings. The highest BCUT2D eigenvalue weighted by molar-refractivity contribution is 8.00. The summed E-state index contributed by atoms with van der Waals surface area (Å²) < 4.78 is 5.74. The Bertz CT molecular complexity index is 1190. The fourth-order valence-electron chi connectivity index (χ4n) is 2.73. The van der Waals surface area contributed by atoms with Gasteiger partial charge in [0.05, 0.1) is 22.4 Å². The molecule has 8 heteroatoms. The molecule has 0 saturated carbocycles. The van der Waals surface area contributed by atoms with Crippen LogP contribution in [0.15, 0.2) is 64.4 Å². The Kier molecular flexibility index (Phi) is 4.83. The number of amides is 1. The van der Waals surface area contributed by atoms with Gasteiger partial charge in [-0.05, 0) is 31.2 Å². The number of rotatable bonds is 5. The van der Waals surface area contributed by atoms with Crippen molar-refractivity contribution in [3.05, 3.63) is 60.3 Å². The molecule has 2 aromatic heterocycles. The topological polar surface area (TPSA) is 108 Å². The van der Waals surface area contributed by atoms with Crippen LogP contribution in [0.5, 0.6) is 0 Å². The summed E-state index contributed by atoms with van der Waals surface area (Å²) in [7, 11) is 0. The third-order valence-corrected chi connectivity index (χ3v) is 5.07. The van der Waals surface area contributed by atoms with E-state index in [1.807, 2.05) is 36.5 Å². The van der Waals surface area contributed by atoms with E-state index in [9.17, 15) is 4.79 Å². The summed E-state index contributed by atoms with van der Waals surface area (Å²) in [5, 5.41) is 20.7. The van der Waals surface area contributed by atoms with E-state index >= 15 is 0 Å². The Balaban J connectivity index is 1.46. The van der Waals surface area contributed by atoms with Crippen molar-refractivity contribution in [1.82, 2.24) is 15.2 Å². The molecule has 4 rings (SSSR count). The fraction of sp³-hybridized carbons (Fsp3) is 0.100. The van der Waals surface area contributed by atoms with E-state index < -0.39 is 5.25 Å². The van der Waals surface area contributed by atoms with Crippen molar-refractivity contribution in [2.24, 2.45) is 0 Å². The lowest BCUT2D eigenvalue weighted by Crippen LogP contribution is -2.22. The van der Waals surface area contributed by atoms with Crippen LogP contribution < -0.4 is 5.32 Å². The van der Waals surface area contributed by atoms with E-state index in [1.165, 1.54) is 11.8 Å². The number of benzene rings is 2. The molecule has 1 unspecified atom stereocenters. The van der Waals surface area contributed by atoms with E-state index in [-0.39, 0.29) is 5.91 Å². The summed E-state index contributed by atoms with van der Waals surface area (Å²) in [5.74, 6) is 0.182.